The third-order valence-electron chi connectivity index (χ3n) is 6.72. The van der Waals surface area contributed by atoms with E-state index in [-0.39, 0.29) is 24.1 Å². The number of ether oxygens (including phenoxy) is 1. The predicted octanol–water partition coefficient (Wildman–Crippen LogP) is 3.77. The van der Waals surface area contributed by atoms with Crippen molar-refractivity contribution in [2.24, 2.45) is 23.7 Å². The number of methoxy groups -OCH3 is 1. The Morgan fingerprint density at radius 1 is 1.35 bits per heavy atom. The number of aliphatic hydroxyl groups excluding tert-OH is 2. The van der Waals surface area contributed by atoms with Crippen LogP contribution in [-0.4, -0.2) is 35.5 Å². The van der Waals surface area contributed by atoms with Crippen LogP contribution >= 0.6 is 0 Å². The molecule has 26 heavy (non-hydrogen) atoms. The maximum Gasteiger partial charge on any atom is 0.305 e. The number of esters is 1. The van der Waals surface area contributed by atoms with Crippen molar-refractivity contribution in [1.29, 1.82) is 0 Å². The maximum absolute atomic E-state index is 11.2. The van der Waals surface area contributed by atoms with Gasteiger partial charge in [0.05, 0.1) is 19.3 Å². The number of carbonyl (C=O) groups is 1. The van der Waals surface area contributed by atoms with Crippen LogP contribution in [0.4, 0.5) is 0 Å². The molecule has 0 amide bonds. The van der Waals surface area contributed by atoms with E-state index in [1.807, 2.05) is 6.08 Å². The summed E-state index contributed by atoms with van der Waals surface area (Å²) >= 11 is 0. The molecule has 3 aliphatic carbocycles. The van der Waals surface area contributed by atoms with E-state index in [9.17, 15) is 15.0 Å². The van der Waals surface area contributed by atoms with Gasteiger partial charge in [-0.05, 0) is 62.7 Å². The smallest absolute Gasteiger partial charge is 0.305 e. The Labute approximate surface area is 157 Å². The van der Waals surface area contributed by atoms with Gasteiger partial charge in [-0.25, -0.2) is 0 Å². The molecule has 3 rings (SSSR count). The van der Waals surface area contributed by atoms with Gasteiger partial charge in [-0.1, -0.05) is 36.6 Å². The monoisotopic (exact) mass is 362 g/mol. The van der Waals surface area contributed by atoms with Gasteiger partial charge in [0.25, 0.3) is 0 Å². The summed E-state index contributed by atoms with van der Waals surface area (Å²) in [4.78, 5) is 11.2. The molecule has 2 saturated carbocycles. The predicted molar refractivity (Wildman–Crippen MR) is 101 cm³/mol. The number of hydrogen-bond donors (Lipinski definition) is 2. The molecule has 2 N–H and O–H groups in total. The van der Waals surface area contributed by atoms with Gasteiger partial charge in [0.2, 0.25) is 0 Å². The molecule has 0 aliphatic heterocycles. The van der Waals surface area contributed by atoms with E-state index in [2.05, 4.69) is 16.9 Å². The van der Waals surface area contributed by atoms with Gasteiger partial charge in [-0.2, -0.15) is 0 Å². The van der Waals surface area contributed by atoms with Crippen LogP contribution in [0.1, 0.15) is 64.2 Å². The summed E-state index contributed by atoms with van der Waals surface area (Å²) in [5.74, 6) is 1.40. The van der Waals surface area contributed by atoms with E-state index >= 15 is 0 Å². The molecule has 3 aliphatic rings. The number of carbonyl (C=O) groups excluding carboxylic acids is 1. The number of unbranched alkanes of at least 4 members (excludes halogenated alkanes) is 1. The second-order valence-corrected chi connectivity index (χ2v) is 8.44. The lowest BCUT2D eigenvalue weighted by atomic mass is 9.88. The quantitative estimate of drug-likeness (QED) is 0.392. The molecule has 0 aromatic carbocycles. The molecule has 5 atom stereocenters. The topological polar surface area (TPSA) is 66.8 Å². The molecular weight excluding hydrogens is 328 g/mol. The minimum absolute atomic E-state index is 0.128. The first-order valence-corrected chi connectivity index (χ1v) is 10.4. The molecule has 0 heterocycles. The maximum atomic E-state index is 11.2. The summed E-state index contributed by atoms with van der Waals surface area (Å²) in [6.07, 6.45) is 15.8. The number of rotatable bonds is 8. The fourth-order valence-corrected chi connectivity index (χ4v) is 5.21. The third kappa shape index (κ3) is 4.77. The fourth-order valence-electron chi connectivity index (χ4n) is 5.21. The standard InChI is InChI=1S/C22H34O4/c1-26-22(25)9-5-2-6-15-12-17-14-21(24)18(19(17)13-15)10-11-20(23)16-7-3-4-8-16/h10-12,16-21,23-24H,2-9,13-14H2,1H3/t17-,18-,19-,20+,21+/m0/s1. The van der Waals surface area contributed by atoms with E-state index in [1.54, 1.807) is 0 Å². The zero-order valence-electron chi connectivity index (χ0n) is 16.0. The summed E-state index contributed by atoms with van der Waals surface area (Å²) in [5.41, 5.74) is 1.48. The molecule has 4 nitrogen and oxygen atoms in total. The van der Waals surface area contributed by atoms with Gasteiger partial charge in [0, 0.05) is 12.3 Å². The molecule has 2 fully saturated rings. The Bertz CT molecular complexity index is 532. The summed E-state index contributed by atoms with van der Waals surface area (Å²) in [5, 5.41) is 20.8. The average molecular weight is 363 g/mol. The molecule has 0 radical (unpaired) electrons. The van der Waals surface area contributed by atoms with Crippen LogP contribution in [0, 0.1) is 23.7 Å². The van der Waals surface area contributed by atoms with E-state index < -0.39 is 0 Å². The van der Waals surface area contributed by atoms with Crippen molar-refractivity contribution in [2.45, 2.75) is 76.4 Å². The normalized spacial score (nSPS) is 32.8. The molecule has 0 bridgehead atoms. The Balaban J connectivity index is 1.47. The molecule has 4 heteroatoms. The highest BCUT2D eigenvalue weighted by Gasteiger charge is 2.43. The molecule has 0 spiro atoms. The molecular formula is C22H34O4. The Morgan fingerprint density at radius 3 is 2.85 bits per heavy atom. The fraction of sp³-hybridized carbons (Fsp3) is 0.773. The summed E-state index contributed by atoms with van der Waals surface area (Å²) in [6, 6.07) is 0. The highest BCUT2D eigenvalue weighted by Crippen LogP contribution is 2.48. The third-order valence-corrected chi connectivity index (χ3v) is 6.72. The van der Waals surface area contributed by atoms with E-state index in [0.29, 0.717) is 24.2 Å². The SMILES string of the molecule is COC(=O)CCCCC1=C[C@H]2C[C@@H](O)[C@@H](C=C[C@@H](O)C3CCCC3)[C@H]2C1. The first-order valence-electron chi connectivity index (χ1n) is 10.4. The van der Waals surface area contributed by atoms with Crippen molar-refractivity contribution >= 4 is 5.97 Å². The molecule has 0 unspecified atom stereocenters. The van der Waals surface area contributed by atoms with Gasteiger partial charge in [0.1, 0.15) is 0 Å². The molecule has 0 saturated heterocycles. The van der Waals surface area contributed by atoms with Crippen molar-refractivity contribution in [3.8, 4) is 0 Å². The number of allylic oxidation sites excluding steroid dienone is 2. The minimum Gasteiger partial charge on any atom is -0.469 e. The van der Waals surface area contributed by atoms with Crippen molar-refractivity contribution in [3.05, 3.63) is 23.8 Å². The summed E-state index contributed by atoms with van der Waals surface area (Å²) in [7, 11) is 1.44. The van der Waals surface area contributed by atoms with Crippen LogP contribution in [0.25, 0.3) is 0 Å². The highest BCUT2D eigenvalue weighted by atomic mass is 16.5. The minimum atomic E-state index is -0.351. The molecule has 146 valence electrons. The van der Waals surface area contributed by atoms with Gasteiger partial charge in [-0.15, -0.1) is 0 Å². The largest absolute Gasteiger partial charge is 0.469 e. The van der Waals surface area contributed by atoms with E-state index in [4.69, 9.17) is 0 Å². The average Bonchev–Trinajstić information content (AvgIpc) is 3.33. The Morgan fingerprint density at radius 2 is 2.12 bits per heavy atom. The van der Waals surface area contributed by atoms with Gasteiger partial charge in [-0.3, -0.25) is 4.79 Å². The van der Waals surface area contributed by atoms with Crippen molar-refractivity contribution in [2.75, 3.05) is 7.11 Å². The van der Waals surface area contributed by atoms with E-state index in [1.165, 1.54) is 25.5 Å². The van der Waals surface area contributed by atoms with Crippen LogP contribution in [0.15, 0.2) is 23.8 Å². The number of fused-ring (bicyclic) bond motifs is 1. The van der Waals surface area contributed by atoms with Crippen LogP contribution in [0.5, 0.6) is 0 Å². The lowest BCUT2D eigenvalue weighted by Crippen LogP contribution is -2.19. The van der Waals surface area contributed by atoms with Crippen molar-refractivity contribution in [1.82, 2.24) is 0 Å². The van der Waals surface area contributed by atoms with Gasteiger partial charge < -0.3 is 14.9 Å². The molecule has 0 aromatic rings. The number of hydrogen-bond acceptors (Lipinski definition) is 4. The first kappa shape index (κ1) is 19.6. The summed E-state index contributed by atoms with van der Waals surface area (Å²) in [6.45, 7) is 0. The zero-order chi connectivity index (χ0) is 18.5. The van der Waals surface area contributed by atoms with Crippen LogP contribution in [-0.2, 0) is 9.53 Å². The van der Waals surface area contributed by atoms with Crippen molar-refractivity contribution < 1.29 is 19.7 Å². The highest BCUT2D eigenvalue weighted by molar-refractivity contribution is 5.68. The van der Waals surface area contributed by atoms with Gasteiger partial charge in [0.15, 0.2) is 0 Å². The zero-order valence-corrected chi connectivity index (χ0v) is 16.0. The lowest BCUT2D eigenvalue weighted by molar-refractivity contribution is -0.140. The van der Waals surface area contributed by atoms with E-state index in [0.717, 1.165) is 44.9 Å². The second-order valence-electron chi connectivity index (χ2n) is 8.44. The van der Waals surface area contributed by atoms with Crippen LogP contribution in [0.2, 0.25) is 0 Å². The Hall–Kier alpha value is -1.13. The number of aliphatic hydroxyl groups is 2. The first-order chi connectivity index (χ1) is 12.6. The van der Waals surface area contributed by atoms with Crippen LogP contribution in [0.3, 0.4) is 0 Å². The second kappa shape index (κ2) is 9.18. The van der Waals surface area contributed by atoms with Crippen molar-refractivity contribution in [3.63, 3.8) is 0 Å². The lowest BCUT2D eigenvalue weighted by Gasteiger charge is -2.20. The molecule has 0 aromatic heterocycles. The van der Waals surface area contributed by atoms with Gasteiger partial charge >= 0.3 is 5.97 Å². The Kier molecular flexibility index (Phi) is 6.93. The summed E-state index contributed by atoms with van der Waals surface area (Å²) < 4.78 is 4.68. The van der Waals surface area contributed by atoms with Crippen LogP contribution < -0.4 is 0 Å².